The van der Waals surface area contributed by atoms with Gasteiger partial charge in [-0.1, -0.05) is 11.8 Å². The summed E-state index contributed by atoms with van der Waals surface area (Å²) in [5.41, 5.74) is 1.12. The van der Waals surface area contributed by atoms with E-state index in [1.165, 1.54) is 17.8 Å². The second-order valence-corrected chi connectivity index (χ2v) is 5.28. The predicted molar refractivity (Wildman–Crippen MR) is 83.9 cm³/mol. The van der Waals surface area contributed by atoms with Crippen molar-refractivity contribution in [3.8, 4) is 6.19 Å². The molecular weight excluding hydrogens is 290 g/mol. The summed E-state index contributed by atoms with van der Waals surface area (Å²) in [4.78, 5) is 17.0. The van der Waals surface area contributed by atoms with E-state index in [0.29, 0.717) is 5.17 Å². The summed E-state index contributed by atoms with van der Waals surface area (Å²) in [6.07, 6.45) is 5.78. The van der Waals surface area contributed by atoms with Crippen molar-refractivity contribution >= 4 is 34.0 Å². The number of thioether (sulfide) groups is 1. The zero-order valence-corrected chi connectivity index (χ0v) is 12.4. The van der Waals surface area contributed by atoms with Gasteiger partial charge in [0.1, 0.15) is 5.69 Å². The lowest BCUT2D eigenvalue weighted by Gasteiger charge is -2.17. The van der Waals surface area contributed by atoms with Gasteiger partial charge in [-0.25, -0.2) is 4.99 Å². The van der Waals surface area contributed by atoms with Crippen molar-refractivity contribution < 1.29 is 4.92 Å². The summed E-state index contributed by atoms with van der Waals surface area (Å²) in [5.74, 6) is 0. The molecule has 0 unspecified atom stereocenters. The molecular formula is C13H15N5O2S. The van der Waals surface area contributed by atoms with Gasteiger partial charge in [-0.15, -0.1) is 0 Å². The number of hydrogen-bond acceptors (Lipinski definition) is 6. The molecule has 0 radical (unpaired) electrons. The Morgan fingerprint density at radius 1 is 1.52 bits per heavy atom. The van der Waals surface area contributed by atoms with Crippen LogP contribution >= 0.6 is 11.8 Å². The van der Waals surface area contributed by atoms with Crippen molar-refractivity contribution in [2.24, 2.45) is 4.99 Å². The van der Waals surface area contributed by atoms with E-state index in [9.17, 15) is 10.1 Å². The largest absolute Gasteiger partial charge is 0.371 e. The lowest BCUT2D eigenvalue weighted by atomic mass is 10.2. The van der Waals surface area contributed by atoms with Crippen LogP contribution in [0.15, 0.2) is 23.2 Å². The maximum atomic E-state index is 11.1. The molecule has 0 aromatic heterocycles. The average molecular weight is 305 g/mol. The number of nitriles is 1. The summed E-state index contributed by atoms with van der Waals surface area (Å²) >= 11 is 1.23. The molecule has 0 amide bonds. The van der Waals surface area contributed by atoms with Crippen LogP contribution in [-0.4, -0.2) is 29.4 Å². The molecule has 1 aromatic rings. The first-order chi connectivity index (χ1) is 10.2. The Hall–Kier alpha value is -2.27. The Morgan fingerprint density at radius 2 is 2.24 bits per heavy atom. The maximum absolute atomic E-state index is 11.1. The van der Waals surface area contributed by atoms with Gasteiger partial charge in [0.2, 0.25) is 0 Å². The highest BCUT2D eigenvalue weighted by atomic mass is 32.2. The molecule has 1 saturated heterocycles. The summed E-state index contributed by atoms with van der Waals surface area (Å²) in [6.45, 7) is 1.90. The van der Waals surface area contributed by atoms with Crippen LogP contribution in [0.4, 0.5) is 17.1 Å². The fourth-order valence-electron chi connectivity index (χ4n) is 2.21. The highest BCUT2D eigenvalue weighted by molar-refractivity contribution is 8.13. The fourth-order valence-corrected chi connectivity index (χ4v) is 2.55. The van der Waals surface area contributed by atoms with Gasteiger partial charge in [-0.05, 0) is 31.2 Å². The Kier molecular flexibility index (Phi) is 5.00. The summed E-state index contributed by atoms with van der Waals surface area (Å²) in [5, 5.41) is 22.5. The minimum absolute atomic E-state index is 0.0655. The van der Waals surface area contributed by atoms with Gasteiger partial charge in [-0.2, -0.15) is 5.26 Å². The molecule has 1 heterocycles. The SMILES string of the molecule is CSC(=Nc1cc(N2CCCC2)ccc1[N+](=O)[O-])NC#N. The minimum Gasteiger partial charge on any atom is -0.371 e. The van der Waals surface area contributed by atoms with E-state index in [1.807, 2.05) is 0 Å². The minimum atomic E-state index is -0.461. The van der Waals surface area contributed by atoms with Gasteiger partial charge in [0.05, 0.1) is 4.92 Å². The number of aliphatic imine (C=N–C) groups is 1. The maximum Gasteiger partial charge on any atom is 0.295 e. The van der Waals surface area contributed by atoms with Gasteiger partial charge >= 0.3 is 0 Å². The molecule has 0 aliphatic carbocycles. The molecule has 8 heteroatoms. The molecule has 21 heavy (non-hydrogen) atoms. The molecule has 1 aliphatic rings. The summed E-state index contributed by atoms with van der Waals surface area (Å²) in [6, 6.07) is 4.93. The molecule has 0 saturated carbocycles. The van der Waals surface area contributed by atoms with E-state index in [4.69, 9.17) is 5.26 Å². The Labute approximate surface area is 126 Å². The third-order valence-corrected chi connectivity index (χ3v) is 3.79. The quantitative estimate of drug-likeness (QED) is 0.230. The molecule has 0 atom stereocenters. The number of nitrogens with zero attached hydrogens (tertiary/aromatic N) is 4. The van der Waals surface area contributed by atoms with E-state index >= 15 is 0 Å². The fraction of sp³-hybridized carbons (Fsp3) is 0.385. The predicted octanol–water partition coefficient (Wildman–Crippen LogP) is 2.62. The van der Waals surface area contributed by atoms with Crippen LogP contribution in [0.5, 0.6) is 0 Å². The Bertz CT molecular complexity index is 605. The number of benzene rings is 1. The monoisotopic (exact) mass is 305 g/mol. The highest BCUT2D eigenvalue weighted by Gasteiger charge is 2.18. The van der Waals surface area contributed by atoms with Crippen molar-refractivity contribution in [1.29, 1.82) is 5.26 Å². The van der Waals surface area contributed by atoms with Crippen LogP contribution in [-0.2, 0) is 0 Å². The van der Waals surface area contributed by atoms with Crippen molar-refractivity contribution in [1.82, 2.24) is 5.32 Å². The van der Waals surface area contributed by atoms with Crippen molar-refractivity contribution in [2.45, 2.75) is 12.8 Å². The van der Waals surface area contributed by atoms with Gasteiger partial charge in [0.25, 0.3) is 5.69 Å². The number of amidine groups is 1. The molecule has 0 spiro atoms. The lowest BCUT2D eigenvalue weighted by molar-refractivity contribution is -0.384. The molecule has 1 aromatic carbocycles. The van der Waals surface area contributed by atoms with E-state index in [-0.39, 0.29) is 11.4 Å². The molecule has 2 rings (SSSR count). The van der Waals surface area contributed by atoms with Crippen LogP contribution in [0.1, 0.15) is 12.8 Å². The van der Waals surface area contributed by atoms with Crippen LogP contribution in [0.2, 0.25) is 0 Å². The second kappa shape index (κ2) is 6.95. The van der Waals surface area contributed by atoms with Crippen molar-refractivity contribution in [3.63, 3.8) is 0 Å². The van der Waals surface area contributed by atoms with Crippen molar-refractivity contribution in [2.75, 3.05) is 24.2 Å². The third kappa shape index (κ3) is 3.64. The first-order valence-corrected chi connectivity index (χ1v) is 7.69. The average Bonchev–Trinajstić information content (AvgIpc) is 3.00. The van der Waals surface area contributed by atoms with E-state index in [0.717, 1.165) is 31.6 Å². The smallest absolute Gasteiger partial charge is 0.295 e. The first kappa shape index (κ1) is 15.1. The number of nitro benzene ring substituents is 1. The second-order valence-electron chi connectivity index (χ2n) is 4.48. The summed E-state index contributed by atoms with van der Waals surface area (Å²) in [7, 11) is 0. The topological polar surface area (TPSA) is 94.6 Å². The van der Waals surface area contributed by atoms with E-state index < -0.39 is 4.92 Å². The Morgan fingerprint density at radius 3 is 2.81 bits per heavy atom. The zero-order chi connectivity index (χ0) is 15.2. The summed E-state index contributed by atoms with van der Waals surface area (Å²) < 4.78 is 0. The number of nitrogens with one attached hydrogen (secondary N) is 1. The highest BCUT2D eigenvalue weighted by Crippen LogP contribution is 2.33. The number of rotatable bonds is 3. The first-order valence-electron chi connectivity index (χ1n) is 6.47. The lowest BCUT2D eigenvalue weighted by Crippen LogP contribution is -2.17. The van der Waals surface area contributed by atoms with E-state index in [1.54, 1.807) is 24.6 Å². The van der Waals surface area contributed by atoms with Crippen LogP contribution < -0.4 is 10.2 Å². The molecule has 1 aliphatic heterocycles. The molecule has 1 fully saturated rings. The van der Waals surface area contributed by atoms with Crippen LogP contribution in [0.3, 0.4) is 0 Å². The number of anilines is 1. The standard InChI is InChI=1S/C13H15N5O2S/c1-21-13(15-9-14)16-11-8-10(17-6-2-3-7-17)4-5-12(11)18(19)20/h4-5,8H,2-3,6-7H2,1H3,(H,15,16). The van der Waals surface area contributed by atoms with Gasteiger partial charge in [-0.3, -0.25) is 15.4 Å². The number of hydrogen-bond donors (Lipinski definition) is 1. The van der Waals surface area contributed by atoms with Crippen LogP contribution in [0.25, 0.3) is 0 Å². The normalized spacial score (nSPS) is 14.9. The van der Waals surface area contributed by atoms with Gasteiger partial charge in [0, 0.05) is 24.8 Å². The molecule has 1 N–H and O–H groups in total. The molecule has 7 nitrogen and oxygen atoms in total. The molecule has 0 bridgehead atoms. The number of nitro groups is 1. The van der Waals surface area contributed by atoms with Crippen LogP contribution in [0, 0.1) is 21.6 Å². The van der Waals surface area contributed by atoms with E-state index in [2.05, 4.69) is 15.2 Å². The van der Waals surface area contributed by atoms with Crippen molar-refractivity contribution in [3.05, 3.63) is 28.3 Å². The molecule has 110 valence electrons. The van der Waals surface area contributed by atoms with Gasteiger partial charge < -0.3 is 4.90 Å². The third-order valence-electron chi connectivity index (χ3n) is 3.21. The zero-order valence-electron chi connectivity index (χ0n) is 11.6. The van der Waals surface area contributed by atoms with Gasteiger partial charge in [0.15, 0.2) is 11.4 Å². The Balaban J connectivity index is 2.41.